The number of anilines is 1. The van der Waals surface area contributed by atoms with Crippen LogP contribution in [-0.4, -0.2) is 27.2 Å². The fourth-order valence-electron chi connectivity index (χ4n) is 3.71. The van der Waals surface area contributed by atoms with Gasteiger partial charge < -0.3 is 10.1 Å². The van der Waals surface area contributed by atoms with E-state index in [1.807, 2.05) is 56.3 Å². The number of aromatic nitrogens is 3. The topological polar surface area (TPSA) is 69.0 Å². The van der Waals surface area contributed by atoms with Gasteiger partial charge >= 0.3 is 0 Å². The van der Waals surface area contributed by atoms with Gasteiger partial charge in [0.05, 0.1) is 6.61 Å². The Morgan fingerprint density at radius 1 is 1.31 bits per heavy atom. The number of carbonyl (C=O) groups excluding carboxylic acids is 1. The average Bonchev–Trinajstić information content (AvgIpc) is 3.15. The number of nitrogens with one attached hydrogen (secondary N) is 1. The maximum atomic E-state index is 12.7. The number of rotatable bonds is 7. The zero-order valence-corrected chi connectivity index (χ0v) is 21.0. The quantitative estimate of drug-likeness (QED) is 0.361. The molecular weight excluding hydrogens is 512 g/mol. The van der Waals surface area contributed by atoms with Gasteiger partial charge in [-0.1, -0.05) is 57.5 Å². The van der Waals surface area contributed by atoms with Crippen molar-refractivity contribution < 1.29 is 9.53 Å². The lowest BCUT2D eigenvalue weighted by atomic mass is 9.92. The standard InChI is InChI=1S/C23H22BrClN4O2S/c1-4-31-19-10-9-16(24)11-17(19)21-20(14(3)30)13(2)26-22-27-23(28-29(21)22)32-12-15-7-5-6-8-18(15)25/h5-11,21H,4,12H2,1-3H3,(H,26,27,28). The molecule has 2 aromatic carbocycles. The molecule has 0 radical (unpaired) electrons. The molecule has 0 spiro atoms. The van der Waals surface area contributed by atoms with E-state index in [-0.39, 0.29) is 5.78 Å². The Morgan fingerprint density at radius 2 is 2.09 bits per heavy atom. The number of nitrogens with zero attached hydrogens (tertiary/aromatic N) is 3. The van der Waals surface area contributed by atoms with Crippen LogP contribution in [0.1, 0.15) is 37.9 Å². The van der Waals surface area contributed by atoms with Crippen LogP contribution in [0.5, 0.6) is 5.75 Å². The van der Waals surface area contributed by atoms with Crippen molar-refractivity contribution in [1.29, 1.82) is 0 Å². The van der Waals surface area contributed by atoms with Gasteiger partial charge in [-0.3, -0.25) is 4.79 Å². The molecule has 4 rings (SSSR count). The Kier molecular flexibility index (Phi) is 6.93. The lowest BCUT2D eigenvalue weighted by molar-refractivity contribution is -0.114. The monoisotopic (exact) mass is 532 g/mol. The molecule has 0 aliphatic carbocycles. The van der Waals surface area contributed by atoms with Crippen LogP contribution < -0.4 is 10.1 Å². The summed E-state index contributed by atoms with van der Waals surface area (Å²) < 4.78 is 8.55. The molecule has 0 fully saturated rings. The molecule has 1 atom stereocenters. The zero-order chi connectivity index (χ0) is 22.8. The van der Waals surface area contributed by atoms with E-state index in [2.05, 4.69) is 26.2 Å². The minimum absolute atomic E-state index is 0.0335. The molecule has 1 unspecified atom stereocenters. The van der Waals surface area contributed by atoms with Gasteiger partial charge in [0.15, 0.2) is 5.78 Å². The van der Waals surface area contributed by atoms with Gasteiger partial charge in [0.1, 0.15) is 11.8 Å². The number of thioether (sulfide) groups is 1. The summed E-state index contributed by atoms with van der Waals surface area (Å²) in [6.45, 7) is 5.91. The molecule has 0 bridgehead atoms. The van der Waals surface area contributed by atoms with E-state index in [0.717, 1.165) is 21.3 Å². The van der Waals surface area contributed by atoms with Crippen molar-refractivity contribution in [3.8, 4) is 5.75 Å². The summed E-state index contributed by atoms with van der Waals surface area (Å²) >= 11 is 11.3. The van der Waals surface area contributed by atoms with Gasteiger partial charge in [0.2, 0.25) is 11.1 Å². The number of fused-ring (bicyclic) bond motifs is 1. The first-order chi connectivity index (χ1) is 15.4. The van der Waals surface area contributed by atoms with E-state index in [9.17, 15) is 4.79 Å². The Balaban J connectivity index is 1.76. The first-order valence-electron chi connectivity index (χ1n) is 10.1. The predicted molar refractivity (Wildman–Crippen MR) is 131 cm³/mol. The largest absolute Gasteiger partial charge is 0.494 e. The third kappa shape index (κ3) is 4.58. The molecule has 1 N–H and O–H groups in total. The van der Waals surface area contributed by atoms with E-state index >= 15 is 0 Å². The predicted octanol–water partition coefficient (Wildman–Crippen LogP) is 6.26. The number of halogens is 2. The van der Waals surface area contributed by atoms with Gasteiger partial charge in [-0.25, -0.2) is 4.68 Å². The zero-order valence-electron chi connectivity index (χ0n) is 17.9. The van der Waals surface area contributed by atoms with E-state index in [4.69, 9.17) is 21.4 Å². The van der Waals surface area contributed by atoms with E-state index in [1.165, 1.54) is 11.8 Å². The lowest BCUT2D eigenvalue weighted by Gasteiger charge is -2.29. The van der Waals surface area contributed by atoms with Crippen LogP contribution in [0.15, 0.2) is 63.4 Å². The van der Waals surface area contributed by atoms with Crippen LogP contribution in [0.4, 0.5) is 5.95 Å². The van der Waals surface area contributed by atoms with Crippen LogP contribution in [0.2, 0.25) is 5.02 Å². The summed E-state index contributed by atoms with van der Waals surface area (Å²) in [5.41, 5.74) is 3.25. The molecule has 32 heavy (non-hydrogen) atoms. The molecule has 3 aromatic rings. The van der Waals surface area contributed by atoms with Gasteiger partial charge in [-0.2, -0.15) is 4.98 Å². The SMILES string of the molecule is CCOc1ccc(Br)cc1C1C(C(C)=O)=C(C)Nc2nc(SCc3ccccc3Cl)nn21. The fourth-order valence-corrected chi connectivity index (χ4v) is 5.21. The van der Waals surface area contributed by atoms with Crippen LogP contribution in [0.25, 0.3) is 0 Å². The van der Waals surface area contributed by atoms with Crippen molar-refractivity contribution in [3.05, 3.63) is 74.4 Å². The summed E-state index contributed by atoms with van der Waals surface area (Å²) in [6.07, 6.45) is 0. The normalized spacial score (nSPS) is 15.3. The number of carbonyl (C=O) groups is 1. The molecular formula is C23H22BrClN4O2S. The highest BCUT2D eigenvalue weighted by Crippen LogP contribution is 2.41. The summed E-state index contributed by atoms with van der Waals surface area (Å²) in [6, 6.07) is 13.1. The number of hydrogen-bond acceptors (Lipinski definition) is 6. The first kappa shape index (κ1) is 22.9. The van der Waals surface area contributed by atoms with E-state index in [0.29, 0.717) is 39.8 Å². The van der Waals surface area contributed by atoms with Gasteiger partial charge in [-0.05, 0) is 50.6 Å². The second-order valence-electron chi connectivity index (χ2n) is 7.28. The van der Waals surface area contributed by atoms with Crippen molar-refractivity contribution in [2.75, 3.05) is 11.9 Å². The molecule has 1 aliphatic rings. The van der Waals surface area contributed by atoms with Crippen molar-refractivity contribution in [3.63, 3.8) is 0 Å². The summed E-state index contributed by atoms with van der Waals surface area (Å²) in [5.74, 6) is 1.90. The van der Waals surface area contributed by atoms with Crippen molar-refractivity contribution in [2.24, 2.45) is 0 Å². The second kappa shape index (κ2) is 9.68. The van der Waals surface area contributed by atoms with E-state index in [1.54, 1.807) is 11.6 Å². The summed E-state index contributed by atoms with van der Waals surface area (Å²) in [5, 5.41) is 9.31. The van der Waals surface area contributed by atoms with Gasteiger partial charge in [-0.15, -0.1) is 5.10 Å². The number of hydrogen-bond donors (Lipinski definition) is 1. The second-order valence-corrected chi connectivity index (χ2v) is 9.55. The molecule has 1 aliphatic heterocycles. The Bertz CT molecular complexity index is 1210. The van der Waals surface area contributed by atoms with Crippen molar-refractivity contribution >= 4 is 51.0 Å². The minimum Gasteiger partial charge on any atom is -0.494 e. The number of ether oxygens (including phenoxy) is 1. The van der Waals surface area contributed by atoms with Crippen molar-refractivity contribution in [2.45, 2.75) is 37.7 Å². The number of ketones is 1. The average molecular weight is 534 g/mol. The van der Waals surface area contributed by atoms with E-state index < -0.39 is 6.04 Å². The number of benzene rings is 2. The van der Waals surface area contributed by atoms with Gasteiger partial charge in [0, 0.05) is 32.1 Å². The first-order valence-corrected chi connectivity index (χ1v) is 12.3. The lowest BCUT2D eigenvalue weighted by Crippen LogP contribution is -2.28. The Labute approximate surface area is 204 Å². The van der Waals surface area contributed by atoms with Crippen LogP contribution in [-0.2, 0) is 10.5 Å². The summed E-state index contributed by atoms with van der Waals surface area (Å²) in [7, 11) is 0. The Hall–Kier alpha value is -2.29. The van der Waals surface area contributed by atoms with Crippen molar-refractivity contribution in [1.82, 2.24) is 14.8 Å². The molecule has 166 valence electrons. The van der Waals surface area contributed by atoms with Crippen LogP contribution in [0.3, 0.4) is 0 Å². The smallest absolute Gasteiger partial charge is 0.227 e. The third-order valence-corrected chi connectivity index (χ3v) is 6.84. The van der Waals surface area contributed by atoms with Crippen LogP contribution in [0, 0.1) is 0 Å². The highest BCUT2D eigenvalue weighted by atomic mass is 79.9. The number of allylic oxidation sites excluding steroid dienone is 2. The minimum atomic E-state index is -0.454. The molecule has 1 aromatic heterocycles. The Morgan fingerprint density at radius 3 is 2.81 bits per heavy atom. The van der Waals surface area contributed by atoms with Crippen LogP contribution >= 0.6 is 39.3 Å². The molecule has 0 saturated carbocycles. The molecule has 9 heteroatoms. The third-order valence-electron chi connectivity index (χ3n) is 5.09. The number of Topliss-reactive ketones (excluding diaryl/α,β-unsaturated/α-hetero) is 1. The fraction of sp³-hybridized carbons (Fsp3) is 0.261. The molecule has 0 amide bonds. The molecule has 2 heterocycles. The van der Waals surface area contributed by atoms with Gasteiger partial charge in [0.25, 0.3) is 0 Å². The maximum absolute atomic E-state index is 12.7. The maximum Gasteiger partial charge on any atom is 0.227 e. The summed E-state index contributed by atoms with van der Waals surface area (Å²) in [4.78, 5) is 17.4. The highest BCUT2D eigenvalue weighted by Gasteiger charge is 2.34. The molecule has 6 nitrogen and oxygen atoms in total. The highest BCUT2D eigenvalue weighted by molar-refractivity contribution is 9.10. The molecule has 0 saturated heterocycles.